The number of carbonyl (C=O) groups excluding carboxylic acids is 2. The van der Waals surface area contributed by atoms with Crippen LogP contribution in [0.15, 0.2) is 41.7 Å². The summed E-state index contributed by atoms with van der Waals surface area (Å²) in [7, 11) is 0. The van der Waals surface area contributed by atoms with Crippen LogP contribution in [-0.2, 0) is 15.0 Å². The molecule has 0 radical (unpaired) electrons. The molecule has 3 aromatic rings. The monoisotopic (exact) mass is 609 g/mol. The number of nitrogens with one attached hydrogen (secondary N) is 4. The summed E-state index contributed by atoms with van der Waals surface area (Å²) < 4.78 is 16.0. The molecule has 8 rings (SSSR count). The number of fused-ring (bicyclic) bond motifs is 3. The molecule has 4 aliphatic heterocycles. The molecule has 6 heterocycles. The van der Waals surface area contributed by atoms with E-state index in [1.54, 1.807) is 12.1 Å². The average Bonchev–Trinajstić information content (AvgIpc) is 3.63. The Morgan fingerprint density at radius 1 is 1.14 bits per heavy atom. The van der Waals surface area contributed by atoms with Crippen LogP contribution in [0.4, 0.5) is 16.0 Å². The Bertz CT molecular complexity index is 1730. The molecule has 14 heteroatoms. The van der Waals surface area contributed by atoms with Gasteiger partial charge in [-0.15, -0.1) is 5.10 Å². The summed E-state index contributed by atoms with van der Waals surface area (Å²) in [5.74, 6) is -1.95. The van der Waals surface area contributed by atoms with Crippen LogP contribution in [0.5, 0.6) is 0 Å². The van der Waals surface area contributed by atoms with Crippen molar-refractivity contribution < 1.29 is 14.0 Å². The van der Waals surface area contributed by atoms with E-state index in [-0.39, 0.29) is 34.0 Å². The molecule has 2 bridgehead atoms. The number of pyridine rings is 1. The van der Waals surface area contributed by atoms with Crippen molar-refractivity contribution in [3.63, 3.8) is 0 Å². The van der Waals surface area contributed by atoms with Gasteiger partial charge in [-0.25, -0.2) is 9.37 Å². The summed E-state index contributed by atoms with van der Waals surface area (Å²) in [6.45, 7) is 4.83. The number of rotatable bonds is 2. The van der Waals surface area contributed by atoms with E-state index in [9.17, 15) is 9.59 Å². The molecule has 42 heavy (non-hydrogen) atoms. The van der Waals surface area contributed by atoms with Crippen molar-refractivity contribution >= 4 is 46.7 Å². The van der Waals surface area contributed by atoms with Crippen molar-refractivity contribution in [1.82, 2.24) is 36.2 Å². The summed E-state index contributed by atoms with van der Waals surface area (Å²) in [5.41, 5.74) is 0.232. The second kappa shape index (κ2) is 8.48. The number of amides is 2. The zero-order valence-electron chi connectivity index (χ0n) is 22.6. The predicted molar refractivity (Wildman–Crippen MR) is 151 cm³/mol. The zero-order valence-corrected chi connectivity index (χ0v) is 24.1. The van der Waals surface area contributed by atoms with E-state index in [1.807, 2.05) is 11.0 Å². The third kappa shape index (κ3) is 3.04. The Hall–Kier alpha value is -3.61. The minimum Gasteiger partial charge on any atom is -0.348 e. The number of carbonyl (C=O) groups is 2. The number of H-pyrrole nitrogens is 1. The second-order valence-corrected chi connectivity index (χ2v) is 13.1. The highest BCUT2D eigenvalue weighted by Gasteiger charge is 2.77. The van der Waals surface area contributed by atoms with Crippen LogP contribution < -0.4 is 20.9 Å². The van der Waals surface area contributed by atoms with Crippen LogP contribution in [0.2, 0.25) is 10.2 Å². The van der Waals surface area contributed by atoms with Crippen molar-refractivity contribution in [2.45, 2.75) is 62.1 Å². The van der Waals surface area contributed by atoms with Gasteiger partial charge in [-0.1, -0.05) is 48.2 Å². The summed E-state index contributed by atoms with van der Waals surface area (Å²) in [4.78, 5) is 34.9. The van der Waals surface area contributed by atoms with Gasteiger partial charge in [0, 0.05) is 40.5 Å². The fraction of sp³-hybridized carbons (Fsp3) is 0.429. The van der Waals surface area contributed by atoms with Gasteiger partial charge < -0.3 is 15.5 Å². The van der Waals surface area contributed by atoms with E-state index in [2.05, 4.69) is 55.4 Å². The number of aromatic amines is 1. The summed E-state index contributed by atoms with van der Waals surface area (Å²) in [6.07, 6.45) is 3.13. The molecule has 216 valence electrons. The van der Waals surface area contributed by atoms with Gasteiger partial charge in [0.25, 0.3) is 5.95 Å². The minimum absolute atomic E-state index is 0.147. The van der Waals surface area contributed by atoms with Crippen molar-refractivity contribution in [2.24, 2.45) is 5.41 Å². The Morgan fingerprint density at radius 3 is 2.76 bits per heavy atom. The van der Waals surface area contributed by atoms with E-state index < -0.39 is 28.7 Å². The molecule has 1 aliphatic carbocycles. The van der Waals surface area contributed by atoms with Gasteiger partial charge in [0.2, 0.25) is 11.8 Å². The van der Waals surface area contributed by atoms with Crippen molar-refractivity contribution in [3.8, 4) is 0 Å². The summed E-state index contributed by atoms with van der Waals surface area (Å²) >= 11 is 12.6. The number of tetrazole rings is 1. The van der Waals surface area contributed by atoms with Gasteiger partial charge in [0.05, 0.1) is 17.6 Å². The van der Waals surface area contributed by atoms with Gasteiger partial charge in [-0.2, -0.15) is 5.21 Å². The highest BCUT2D eigenvalue weighted by molar-refractivity contribution is 6.31. The molecule has 2 amide bonds. The van der Waals surface area contributed by atoms with Crippen LogP contribution in [0.3, 0.4) is 0 Å². The van der Waals surface area contributed by atoms with Gasteiger partial charge in [0.15, 0.2) is 11.0 Å². The average molecular weight is 610 g/mol. The molecule has 5 aliphatic rings. The van der Waals surface area contributed by atoms with Crippen LogP contribution in [0.25, 0.3) is 0 Å². The topological polar surface area (TPSA) is 141 Å². The fourth-order valence-electron chi connectivity index (χ4n) is 8.56. The Kier molecular flexibility index (Phi) is 5.26. The first-order chi connectivity index (χ1) is 20.1. The number of halogens is 3. The molecule has 2 aromatic heterocycles. The lowest BCUT2D eigenvalue weighted by Gasteiger charge is -2.57. The van der Waals surface area contributed by atoms with Crippen LogP contribution in [0.1, 0.15) is 50.2 Å². The molecule has 0 saturated carbocycles. The van der Waals surface area contributed by atoms with Gasteiger partial charge in [0.1, 0.15) is 5.41 Å². The molecular weight excluding hydrogens is 584 g/mol. The van der Waals surface area contributed by atoms with Gasteiger partial charge in [-0.3, -0.25) is 14.9 Å². The van der Waals surface area contributed by atoms with Crippen molar-refractivity contribution in [3.05, 3.63) is 68.9 Å². The lowest BCUT2D eigenvalue weighted by atomic mass is 9.50. The smallest absolute Gasteiger partial charge is 0.269 e. The number of benzene rings is 1. The molecule has 2 spiro atoms. The number of anilines is 2. The van der Waals surface area contributed by atoms with Gasteiger partial charge in [-0.05, 0) is 59.4 Å². The molecule has 2 saturated heterocycles. The highest BCUT2D eigenvalue weighted by atomic mass is 35.5. The predicted octanol–water partition coefficient (Wildman–Crippen LogP) is 3.21. The maximum atomic E-state index is 16.0. The summed E-state index contributed by atoms with van der Waals surface area (Å²) in [5, 5.41) is 25.1. The van der Waals surface area contributed by atoms with Gasteiger partial charge >= 0.3 is 0 Å². The van der Waals surface area contributed by atoms with Crippen LogP contribution in [0, 0.1) is 11.2 Å². The van der Waals surface area contributed by atoms with E-state index in [0.717, 1.165) is 11.3 Å². The molecule has 2 unspecified atom stereocenters. The van der Waals surface area contributed by atoms with E-state index in [0.29, 0.717) is 48.0 Å². The van der Waals surface area contributed by atoms with E-state index >= 15 is 4.39 Å². The first-order valence-corrected chi connectivity index (χ1v) is 14.6. The Morgan fingerprint density at radius 2 is 1.98 bits per heavy atom. The quantitative estimate of drug-likeness (QED) is 0.325. The van der Waals surface area contributed by atoms with Crippen molar-refractivity contribution in [1.29, 1.82) is 0 Å². The zero-order chi connectivity index (χ0) is 29.2. The van der Waals surface area contributed by atoms with E-state index in [1.165, 1.54) is 12.3 Å². The standard InChI is InChI=1S/C28H26Cl2FN9O2/c1-26(2)7-8-27-18-15(6-10-40(21(18)26)25-36-38-39-37-25)33-23(41)20(35-27)17(13-5-9-32-22(30)19(13)31)28(27)14-4-3-12(29)11-16(14)34-24(28)42/h3-5,9,11,15,17,20,35H,6-8,10H2,1-2H3,(H,33,41)(H,34,42)(H,36,37,38,39)/t15?,17-,20+,27?,28+/m0/s1. The van der Waals surface area contributed by atoms with E-state index in [4.69, 9.17) is 23.2 Å². The molecule has 1 aromatic carbocycles. The molecular formula is C28H26Cl2FN9O2. The number of hydrogen-bond donors (Lipinski definition) is 4. The van der Waals surface area contributed by atoms with Crippen LogP contribution in [-0.4, -0.2) is 61.6 Å². The summed E-state index contributed by atoms with van der Waals surface area (Å²) in [6, 6.07) is 5.45. The molecule has 2 fully saturated rings. The first-order valence-electron chi connectivity index (χ1n) is 13.9. The SMILES string of the molecule is CC1(C)CCC23N[C@@H](C(=O)NC4CCN(c5nn[nH]n5)C1=C42)[C@H](c1ccnc(Cl)c1F)[C@]31C(=O)Nc2cc(Cl)ccc21. The van der Waals surface area contributed by atoms with Crippen LogP contribution >= 0.6 is 23.2 Å². The highest BCUT2D eigenvalue weighted by Crippen LogP contribution is 2.67. The minimum atomic E-state index is -1.43. The maximum absolute atomic E-state index is 16.0. The Labute approximate surface area is 249 Å². The Balaban J connectivity index is 1.51. The normalized spacial score (nSPS) is 32.4. The molecule has 11 nitrogen and oxygen atoms in total. The van der Waals surface area contributed by atoms with Crippen molar-refractivity contribution in [2.75, 3.05) is 16.8 Å². The molecule has 5 atom stereocenters. The first kappa shape index (κ1) is 26.1. The fourth-order valence-corrected chi connectivity index (χ4v) is 8.90. The number of allylic oxidation sites excluding steroid dienone is 1. The maximum Gasteiger partial charge on any atom is 0.269 e. The lowest BCUT2D eigenvalue weighted by molar-refractivity contribution is -0.125. The second-order valence-electron chi connectivity index (χ2n) is 12.3. The molecule has 4 N–H and O–H groups in total. The number of aromatic nitrogens is 5. The third-order valence-corrected chi connectivity index (χ3v) is 10.5. The third-order valence-electron chi connectivity index (χ3n) is 10.0. The number of hydrogen-bond acceptors (Lipinski definition) is 8. The number of nitrogens with zero attached hydrogens (tertiary/aromatic N) is 5. The largest absolute Gasteiger partial charge is 0.348 e. The lowest BCUT2D eigenvalue weighted by Crippen LogP contribution is -2.67.